The number of nitrogens with zero attached hydrogens (tertiary/aromatic N) is 3. The average Bonchev–Trinajstić information content (AvgIpc) is 3.08. The number of carbonyl (C=O) groups excluding carboxylic acids is 1. The first kappa shape index (κ1) is 17.3. The van der Waals surface area contributed by atoms with Gasteiger partial charge in [0.15, 0.2) is 0 Å². The minimum absolute atomic E-state index is 0.269. The van der Waals surface area contributed by atoms with Crippen LogP contribution in [0.5, 0.6) is 0 Å². The molecule has 2 aromatic rings. The van der Waals surface area contributed by atoms with Crippen molar-refractivity contribution in [1.82, 2.24) is 15.1 Å². The second-order valence-corrected chi connectivity index (χ2v) is 7.09. The zero-order chi connectivity index (χ0) is 18.0. The summed E-state index contributed by atoms with van der Waals surface area (Å²) in [5.41, 5.74) is 1.74. The molecular formula is C18H23FN4O2. The van der Waals surface area contributed by atoms with E-state index in [-0.39, 0.29) is 11.9 Å². The molecule has 1 aliphatic heterocycles. The van der Waals surface area contributed by atoms with Crippen LogP contribution < -0.4 is 4.90 Å². The first-order valence-electron chi connectivity index (χ1n) is 8.36. The van der Waals surface area contributed by atoms with Crippen LogP contribution >= 0.6 is 0 Å². The van der Waals surface area contributed by atoms with E-state index in [4.69, 9.17) is 4.74 Å². The number of carbonyl (C=O) groups is 1. The van der Waals surface area contributed by atoms with Crippen molar-refractivity contribution in [3.63, 3.8) is 0 Å². The number of anilines is 1. The highest BCUT2D eigenvalue weighted by molar-refractivity contribution is 5.69. The van der Waals surface area contributed by atoms with E-state index in [1.165, 1.54) is 6.07 Å². The van der Waals surface area contributed by atoms with Gasteiger partial charge >= 0.3 is 6.09 Å². The molecule has 0 saturated carbocycles. The van der Waals surface area contributed by atoms with Crippen LogP contribution in [0, 0.1) is 5.82 Å². The summed E-state index contributed by atoms with van der Waals surface area (Å²) in [5.74, 6) is -0.269. The first-order valence-corrected chi connectivity index (χ1v) is 8.36. The molecule has 0 radical (unpaired) electrons. The summed E-state index contributed by atoms with van der Waals surface area (Å²) in [6.45, 7) is 7.66. The summed E-state index contributed by atoms with van der Waals surface area (Å²) in [7, 11) is 0. The second-order valence-electron chi connectivity index (χ2n) is 7.09. The van der Waals surface area contributed by atoms with Gasteiger partial charge in [-0.25, -0.2) is 9.18 Å². The van der Waals surface area contributed by atoms with Crippen molar-refractivity contribution in [3.05, 3.63) is 36.3 Å². The molecule has 25 heavy (non-hydrogen) atoms. The van der Waals surface area contributed by atoms with E-state index in [1.54, 1.807) is 17.2 Å². The van der Waals surface area contributed by atoms with Crippen molar-refractivity contribution in [1.29, 1.82) is 0 Å². The van der Waals surface area contributed by atoms with Crippen molar-refractivity contribution in [3.8, 4) is 11.3 Å². The van der Waals surface area contributed by atoms with Gasteiger partial charge in [0.1, 0.15) is 11.4 Å². The van der Waals surface area contributed by atoms with Gasteiger partial charge in [-0.2, -0.15) is 5.10 Å². The Hall–Kier alpha value is -2.57. The molecule has 6 nitrogen and oxygen atoms in total. The third-order valence-corrected chi connectivity index (χ3v) is 4.03. The Bertz CT molecular complexity index is 732. The van der Waals surface area contributed by atoms with E-state index in [2.05, 4.69) is 10.2 Å². The van der Waals surface area contributed by atoms with Gasteiger partial charge in [-0.15, -0.1) is 0 Å². The van der Waals surface area contributed by atoms with Crippen molar-refractivity contribution in [2.45, 2.75) is 26.4 Å². The molecule has 1 saturated heterocycles. The quantitative estimate of drug-likeness (QED) is 0.907. The Morgan fingerprint density at radius 1 is 1.20 bits per heavy atom. The third-order valence-electron chi connectivity index (χ3n) is 4.03. The Kier molecular flexibility index (Phi) is 4.65. The van der Waals surface area contributed by atoms with Crippen molar-refractivity contribution < 1.29 is 13.9 Å². The topological polar surface area (TPSA) is 61.5 Å². The molecule has 1 amide bonds. The molecule has 0 spiro atoms. The highest BCUT2D eigenvalue weighted by atomic mass is 19.1. The second kappa shape index (κ2) is 6.74. The molecule has 0 bridgehead atoms. The normalized spacial score (nSPS) is 15.4. The predicted octanol–water partition coefficient (Wildman–Crippen LogP) is 3.27. The van der Waals surface area contributed by atoms with E-state index in [0.717, 1.165) is 11.3 Å². The van der Waals surface area contributed by atoms with Gasteiger partial charge in [0, 0.05) is 37.9 Å². The number of aromatic amines is 1. The Morgan fingerprint density at radius 3 is 2.52 bits per heavy atom. The van der Waals surface area contributed by atoms with E-state index in [0.29, 0.717) is 31.9 Å². The molecule has 1 N–H and O–H groups in total. The average molecular weight is 346 g/mol. The number of aromatic nitrogens is 2. The number of hydrogen-bond donors (Lipinski definition) is 1. The highest BCUT2D eigenvalue weighted by Gasteiger charge is 2.27. The zero-order valence-corrected chi connectivity index (χ0v) is 14.8. The van der Waals surface area contributed by atoms with E-state index in [9.17, 15) is 9.18 Å². The first-order chi connectivity index (χ1) is 11.8. The van der Waals surface area contributed by atoms with Gasteiger partial charge < -0.3 is 14.5 Å². The van der Waals surface area contributed by atoms with E-state index < -0.39 is 5.60 Å². The fraction of sp³-hybridized carbons (Fsp3) is 0.444. The predicted molar refractivity (Wildman–Crippen MR) is 94.0 cm³/mol. The molecule has 2 heterocycles. The lowest BCUT2D eigenvalue weighted by Crippen LogP contribution is -2.50. The SMILES string of the molecule is CC(C)(C)OC(=O)N1CCN(c2cc(-c3ccn[nH]3)ccc2F)CC1. The summed E-state index contributed by atoms with van der Waals surface area (Å²) >= 11 is 0. The standard InChI is InChI=1S/C18H23FN4O2/c1-18(2,3)25-17(24)23-10-8-22(9-11-23)16-12-13(4-5-14(16)19)15-6-7-20-21-15/h4-7,12H,8-11H2,1-3H3,(H,20,21). The number of piperazine rings is 1. The molecule has 0 unspecified atom stereocenters. The fourth-order valence-electron chi connectivity index (χ4n) is 2.80. The Labute approximate surface area is 146 Å². The van der Waals surface area contributed by atoms with E-state index >= 15 is 0 Å². The maximum atomic E-state index is 14.3. The van der Waals surface area contributed by atoms with Crippen LogP contribution in [-0.2, 0) is 4.74 Å². The summed E-state index contributed by atoms with van der Waals surface area (Å²) in [6, 6.07) is 6.85. The lowest BCUT2D eigenvalue weighted by molar-refractivity contribution is 0.0240. The summed E-state index contributed by atoms with van der Waals surface area (Å²) in [6.07, 6.45) is 1.34. The molecule has 1 fully saturated rings. The van der Waals surface area contributed by atoms with Gasteiger partial charge in [0.2, 0.25) is 0 Å². The summed E-state index contributed by atoms with van der Waals surface area (Å²) in [4.78, 5) is 15.8. The minimum Gasteiger partial charge on any atom is -0.444 e. The lowest BCUT2D eigenvalue weighted by atomic mass is 10.1. The van der Waals surface area contributed by atoms with Crippen molar-refractivity contribution in [2.75, 3.05) is 31.1 Å². The fourth-order valence-corrected chi connectivity index (χ4v) is 2.80. The van der Waals surface area contributed by atoms with Crippen LogP contribution in [0.2, 0.25) is 0 Å². The largest absolute Gasteiger partial charge is 0.444 e. The van der Waals surface area contributed by atoms with Crippen LogP contribution in [0.1, 0.15) is 20.8 Å². The smallest absolute Gasteiger partial charge is 0.410 e. The number of H-pyrrole nitrogens is 1. The maximum absolute atomic E-state index is 14.3. The Morgan fingerprint density at radius 2 is 1.92 bits per heavy atom. The molecule has 1 aromatic carbocycles. The molecule has 1 aromatic heterocycles. The minimum atomic E-state index is -0.515. The van der Waals surface area contributed by atoms with Gasteiger partial charge in [0.25, 0.3) is 0 Å². The number of ether oxygens (including phenoxy) is 1. The molecule has 0 aliphatic carbocycles. The maximum Gasteiger partial charge on any atom is 0.410 e. The summed E-state index contributed by atoms with van der Waals surface area (Å²) in [5, 5.41) is 6.82. The summed E-state index contributed by atoms with van der Waals surface area (Å²) < 4.78 is 19.7. The Balaban J connectivity index is 1.69. The number of halogens is 1. The van der Waals surface area contributed by atoms with Crippen molar-refractivity contribution in [2.24, 2.45) is 0 Å². The van der Waals surface area contributed by atoms with Crippen LogP contribution in [0.3, 0.4) is 0 Å². The van der Waals surface area contributed by atoms with Gasteiger partial charge in [-0.3, -0.25) is 5.10 Å². The van der Waals surface area contributed by atoms with Crippen LogP contribution in [-0.4, -0.2) is 53.0 Å². The van der Waals surface area contributed by atoms with Crippen LogP contribution in [0.4, 0.5) is 14.9 Å². The molecule has 134 valence electrons. The molecular weight excluding hydrogens is 323 g/mol. The molecule has 0 atom stereocenters. The van der Waals surface area contributed by atoms with Gasteiger partial charge in [0.05, 0.1) is 11.4 Å². The van der Waals surface area contributed by atoms with Crippen LogP contribution in [0.15, 0.2) is 30.5 Å². The molecule has 3 rings (SSSR count). The zero-order valence-electron chi connectivity index (χ0n) is 14.8. The van der Waals surface area contributed by atoms with Gasteiger partial charge in [-0.1, -0.05) is 0 Å². The molecule has 1 aliphatic rings. The number of amides is 1. The monoisotopic (exact) mass is 346 g/mol. The lowest BCUT2D eigenvalue weighted by Gasteiger charge is -2.37. The number of rotatable bonds is 2. The third kappa shape index (κ3) is 4.10. The highest BCUT2D eigenvalue weighted by Crippen LogP contribution is 2.27. The number of hydrogen-bond acceptors (Lipinski definition) is 4. The van der Waals surface area contributed by atoms with Gasteiger partial charge in [-0.05, 0) is 45.0 Å². The number of nitrogens with one attached hydrogen (secondary N) is 1. The molecule has 7 heteroatoms. The van der Waals surface area contributed by atoms with Crippen LogP contribution in [0.25, 0.3) is 11.3 Å². The number of benzene rings is 1. The van der Waals surface area contributed by atoms with Crippen molar-refractivity contribution >= 4 is 11.8 Å². The van der Waals surface area contributed by atoms with E-state index in [1.807, 2.05) is 37.8 Å².